The van der Waals surface area contributed by atoms with Crippen LogP contribution in [0.25, 0.3) is 0 Å². The molecule has 1 heterocycles. The Bertz CT molecular complexity index is 413. The summed E-state index contributed by atoms with van der Waals surface area (Å²) in [4.78, 5) is 20.9. The summed E-state index contributed by atoms with van der Waals surface area (Å²) in [7, 11) is 1.18. The number of hydrogen-bond donors (Lipinski definition) is 1. The fraction of sp³-hybridized carbons (Fsp3) is 0.417. The largest absolute Gasteiger partial charge is 0.465 e. The number of benzene rings is 1. The first-order valence-corrected chi connectivity index (χ1v) is 5.27. The minimum Gasteiger partial charge on any atom is -0.465 e. The number of methoxy groups -OCH3 is 1. The van der Waals surface area contributed by atoms with E-state index in [2.05, 4.69) is 9.62 Å². The van der Waals surface area contributed by atoms with Crippen molar-refractivity contribution < 1.29 is 24.4 Å². The van der Waals surface area contributed by atoms with Gasteiger partial charge in [-0.1, -0.05) is 29.8 Å². The van der Waals surface area contributed by atoms with E-state index in [0.29, 0.717) is 0 Å². The lowest BCUT2D eigenvalue weighted by Crippen LogP contribution is -2.38. The average Bonchev–Trinajstić information content (AvgIpc) is 2.73. The number of carbonyl (C=O) groups is 1. The Labute approximate surface area is 98.8 Å². The van der Waals surface area contributed by atoms with Crippen molar-refractivity contribution in [1.29, 1.82) is 0 Å². The number of aryl methyl sites for hydroxylation is 1. The Hall–Kier alpha value is -1.43. The van der Waals surface area contributed by atoms with Gasteiger partial charge in [0.2, 0.25) is 0 Å². The highest BCUT2D eigenvalue weighted by molar-refractivity contribution is 5.77. The van der Waals surface area contributed by atoms with Crippen LogP contribution in [-0.2, 0) is 19.3 Å². The smallest absolute Gasteiger partial charge is 0.369 e. The van der Waals surface area contributed by atoms with E-state index in [0.717, 1.165) is 11.1 Å². The van der Waals surface area contributed by atoms with Crippen molar-refractivity contribution in [3.05, 3.63) is 35.4 Å². The van der Waals surface area contributed by atoms with E-state index in [-0.39, 0.29) is 6.42 Å². The number of aliphatic hydroxyl groups is 1. The number of carbonyl (C=O) groups excluding carboxylic acids is 1. The first kappa shape index (κ1) is 12.0. The monoisotopic (exact) mass is 238 g/mol. The topological polar surface area (TPSA) is 65.0 Å². The number of rotatable bonds is 2. The first-order valence-electron chi connectivity index (χ1n) is 5.27. The highest BCUT2D eigenvalue weighted by Gasteiger charge is 2.49. The molecule has 2 rings (SSSR count). The average molecular weight is 238 g/mol. The Morgan fingerprint density at radius 3 is 2.71 bits per heavy atom. The SMILES string of the molecule is COC(=O)C1(O)C[C@@H](c2ccc(C)cc2)OO1. The zero-order valence-corrected chi connectivity index (χ0v) is 9.67. The number of ether oxygens (including phenoxy) is 1. The van der Waals surface area contributed by atoms with E-state index < -0.39 is 17.9 Å². The van der Waals surface area contributed by atoms with Crippen molar-refractivity contribution in [3.8, 4) is 0 Å². The maximum atomic E-state index is 11.3. The van der Waals surface area contributed by atoms with Crippen LogP contribution in [0.1, 0.15) is 23.7 Å². The molecule has 0 radical (unpaired) electrons. The Balaban J connectivity index is 2.12. The quantitative estimate of drug-likeness (QED) is 0.620. The van der Waals surface area contributed by atoms with E-state index in [1.165, 1.54) is 7.11 Å². The molecule has 0 aliphatic carbocycles. The molecule has 1 aliphatic rings. The summed E-state index contributed by atoms with van der Waals surface area (Å²) in [6.07, 6.45) is -0.456. The molecule has 1 fully saturated rings. The van der Waals surface area contributed by atoms with Crippen LogP contribution in [-0.4, -0.2) is 24.0 Å². The van der Waals surface area contributed by atoms with Gasteiger partial charge in [0, 0.05) is 6.42 Å². The van der Waals surface area contributed by atoms with Gasteiger partial charge in [0.25, 0.3) is 0 Å². The molecule has 17 heavy (non-hydrogen) atoms. The molecule has 1 saturated heterocycles. The summed E-state index contributed by atoms with van der Waals surface area (Å²) < 4.78 is 4.45. The van der Waals surface area contributed by atoms with Crippen LogP contribution in [0.2, 0.25) is 0 Å². The van der Waals surface area contributed by atoms with Gasteiger partial charge >= 0.3 is 11.8 Å². The highest BCUT2D eigenvalue weighted by atomic mass is 17.2. The molecule has 1 aromatic carbocycles. The Kier molecular flexibility index (Phi) is 3.15. The van der Waals surface area contributed by atoms with Gasteiger partial charge in [-0.25, -0.2) is 9.68 Å². The maximum absolute atomic E-state index is 11.3. The van der Waals surface area contributed by atoms with Gasteiger partial charge in [0.15, 0.2) is 0 Å². The second-order valence-corrected chi connectivity index (χ2v) is 4.06. The zero-order chi connectivity index (χ0) is 12.5. The molecular weight excluding hydrogens is 224 g/mol. The number of esters is 1. The molecule has 0 aromatic heterocycles. The molecule has 0 saturated carbocycles. The van der Waals surface area contributed by atoms with Crippen molar-refractivity contribution >= 4 is 5.97 Å². The molecule has 0 bridgehead atoms. The lowest BCUT2D eigenvalue weighted by Gasteiger charge is -2.14. The third-order valence-electron chi connectivity index (χ3n) is 2.72. The van der Waals surface area contributed by atoms with E-state index >= 15 is 0 Å². The summed E-state index contributed by atoms with van der Waals surface area (Å²) in [5.41, 5.74) is 1.96. The summed E-state index contributed by atoms with van der Waals surface area (Å²) in [5, 5.41) is 9.82. The summed E-state index contributed by atoms with van der Waals surface area (Å²) >= 11 is 0. The van der Waals surface area contributed by atoms with Gasteiger partial charge in [-0.2, -0.15) is 4.89 Å². The molecule has 0 amide bonds. The van der Waals surface area contributed by atoms with Gasteiger partial charge in [0.1, 0.15) is 6.10 Å². The molecule has 1 N–H and O–H groups in total. The fourth-order valence-electron chi connectivity index (χ4n) is 1.69. The third-order valence-corrected chi connectivity index (χ3v) is 2.72. The molecule has 0 spiro atoms. The van der Waals surface area contributed by atoms with Crippen LogP contribution in [0.4, 0.5) is 0 Å². The molecule has 1 unspecified atom stereocenters. The zero-order valence-electron chi connectivity index (χ0n) is 9.67. The lowest BCUT2D eigenvalue weighted by atomic mass is 10.0. The van der Waals surface area contributed by atoms with E-state index in [9.17, 15) is 9.90 Å². The van der Waals surface area contributed by atoms with Crippen LogP contribution < -0.4 is 0 Å². The molecule has 1 aliphatic heterocycles. The lowest BCUT2D eigenvalue weighted by molar-refractivity contribution is -0.369. The van der Waals surface area contributed by atoms with Crippen molar-refractivity contribution in [2.45, 2.75) is 25.2 Å². The molecular formula is C12H14O5. The van der Waals surface area contributed by atoms with Crippen molar-refractivity contribution in [2.75, 3.05) is 7.11 Å². The minimum atomic E-state index is -2.01. The second kappa shape index (κ2) is 4.44. The van der Waals surface area contributed by atoms with Crippen LogP contribution in [0.5, 0.6) is 0 Å². The third kappa shape index (κ3) is 2.31. The molecule has 5 heteroatoms. The minimum absolute atomic E-state index is 0.0166. The standard InChI is InChI=1S/C12H14O5/c1-8-3-5-9(6-4-8)10-7-12(14,17-16-10)11(13)15-2/h3-6,10,14H,7H2,1-2H3/t10-,12?/m0/s1. The van der Waals surface area contributed by atoms with Gasteiger partial charge in [-0.15, -0.1) is 0 Å². The molecule has 2 atom stereocenters. The van der Waals surface area contributed by atoms with Crippen LogP contribution >= 0.6 is 0 Å². The fourth-order valence-corrected chi connectivity index (χ4v) is 1.69. The predicted molar refractivity (Wildman–Crippen MR) is 57.7 cm³/mol. The van der Waals surface area contributed by atoms with E-state index in [4.69, 9.17) is 4.89 Å². The summed E-state index contributed by atoms with van der Waals surface area (Å²) in [6.45, 7) is 1.97. The number of hydrogen-bond acceptors (Lipinski definition) is 5. The van der Waals surface area contributed by atoms with Gasteiger partial charge in [0.05, 0.1) is 7.11 Å². The Morgan fingerprint density at radius 1 is 1.47 bits per heavy atom. The van der Waals surface area contributed by atoms with Crippen LogP contribution in [0.15, 0.2) is 24.3 Å². The van der Waals surface area contributed by atoms with E-state index in [1.54, 1.807) is 0 Å². The van der Waals surface area contributed by atoms with Gasteiger partial charge in [-0.05, 0) is 12.5 Å². The second-order valence-electron chi connectivity index (χ2n) is 4.06. The normalized spacial score (nSPS) is 28.1. The highest BCUT2D eigenvalue weighted by Crippen LogP contribution is 2.36. The van der Waals surface area contributed by atoms with Crippen LogP contribution in [0, 0.1) is 6.92 Å². The van der Waals surface area contributed by atoms with Crippen molar-refractivity contribution in [3.63, 3.8) is 0 Å². The van der Waals surface area contributed by atoms with Crippen LogP contribution in [0.3, 0.4) is 0 Å². The van der Waals surface area contributed by atoms with Crippen molar-refractivity contribution in [1.82, 2.24) is 0 Å². The predicted octanol–water partition coefficient (Wildman–Crippen LogP) is 1.25. The van der Waals surface area contributed by atoms with Gasteiger partial charge < -0.3 is 9.84 Å². The molecule has 5 nitrogen and oxygen atoms in total. The summed E-state index contributed by atoms with van der Waals surface area (Å²) in [5.74, 6) is -2.86. The Morgan fingerprint density at radius 2 is 2.12 bits per heavy atom. The maximum Gasteiger partial charge on any atom is 0.369 e. The molecule has 92 valence electrons. The summed E-state index contributed by atoms with van der Waals surface area (Å²) in [6, 6.07) is 7.58. The molecule has 1 aromatic rings. The van der Waals surface area contributed by atoms with Crippen molar-refractivity contribution in [2.24, 2.45) is 0 Å². The first-order chi connectivity index (χ1) is 8.05. The van der Waals surface area contributed by atoms with Gasteiger partial charge in [-0.3, -0.25) is 0 Å². The van der Waals surface area contributed by atoms with E-state index in [1.807, 2.05) is 31.2 Å².